The van der Waals surface area contributed by atoms with E-state index in [1.54, 1.807) is 0 Å². The van der Waals surface area contributed by atoms with Gasteiger partial charge in [0.1, 0.15) is 5.82 Å². The molecule has 0 aliphatic heterocycles. The summed E-state index contributed by atoms with van der Waals surface area (Å²) in [6.07, 6.45) is 0.996. The van der Waals surface area contributed by atoms with Crippen LogP contribution in [0.15, 0.2) is 29.4 Å². The molecular formula is C15H20N4OS. The molecule has 1 aromatic heterocycles. The van der Waals surface area contributed by atoms with Gasteiger partial charge in [-0.1, -0.05) is 30.8 Å². The van der Waals surface area contributed by atoms with Crippen molar-refractivity contribution in [1.29, 1.82) is 0 Å². The molecule has 0 saturated heterocycles. The molecule has 0 spiro atoms. The maximum atomic E-state index is 12.0. The molecule has 6 heteroatoms. The van der Waals surface area contributed by atoms with Gasteiger partial charge >= 0.3 is 0 Å². The SMILES string of the molecule is CCc1ccc(NC(=O)CSc2nnc(C)n2CC)cc1. The number of benzene rings is 1. The minimum Gasteiger partial charge on any atom is -0.325 e. The molecule has 0 atom stereocenters. The van der Waals surface area contributed by atoms with E-state index in [1.807, 2.05) is 42.7 Å². The Morgan fingerprint density at radius 3 is 2.57 bits per heavy atom. The van der Waals surface area contributed by atoms with Crippen molar-refractivity contribution in [3.05, 3.63) is 35.7 Å². The molecule has 0 bridgehead atoms. The lowest BCUT2D eigenvalue weighted by Crippen LogP contribution is -2.14. The summed E-state index contributed by atoms with van der Waals surface area (Å²) in [5.41, 5.74) is 2.08. The van der Waals surface area contributed by atoms with Gasteiger partial charge in [0, 0.05) is 12.2 Å². The Bertz CT molecular complexity index is 607. The third kappa shape index (κ3) is 4.07. The van der Waals surface area contributed by atoms with Crippen molar-refractivity contribution < 1.29 is 4.79 Å². The number of amides is 1. The van der Waals surface area contributed by atoms with Gasteiger partial charge in [-0.15, -0.1) is 10.2 Å². The first-order valence-corrected chi connectivity index (χ1v) is 8.04. The van der Waals surface area contributed by atoms with Gasteiger partial charge < -0.3 is 9.88 Å². The van der Waals surface area contributed by atoms with Gasteiger partial charge in [-0.05, 0) is 38.0 Å². The third-order valence-electron chi connectivity index (χ3n) is 3.20. The molecular weight excluding hydrogens is 284 g/mol. The standard InChI is InChI=1S/C15H20N4OS/c1-4-12-6-8-13(9-7-12)16-14(20)10-21-15-18-17-11(3)19(15)5-2/h6-9H,4-5,10H2,1-3H3,(H,16,20). The Kier molecular flexibility index (Phi) is 5.38. The van der Waals surface area contributed by atoms with Crippen LogP contribution in [0.25, 0.3) is 0 Å². The van der Waals surface area contributed by atoms with E-state index < -0.39 is 0 Å². The highest BCUT2D eigenvalue weighted by Crippen LogP contribution is 2.17. The summed E-state index contributed by atoms with van der Waals surface area (Å²) >= 11 is 1.40. The molecule has 21 heavy (non-hydrogen) atoms. The lowest BCUT2D eigenvalue weighted by molar-refractivity contribution is -0.113. The van der Waals surface area contributed by atoms with E-state index in [4.69, 9.17) is 0 Å². The topological polar surface area (TPSA) is 59.8 Å². The van der Waals surface area contributed by atoms with Crippen molar-refractivity contribution in [2.75, 3.05) is 11.1 Å². The number of thioether (sulfide) groups is 1. The molecule has 0 aliphatic rings. The van der Waals surface area contributed by atoms with Gasteiger partial charge in [-0.25, -0.2) is 0 Å². The number of hydrogen-bond donors (Lipinski definition) is 1. The molecule has 0 aliphatic carbocycles. The highest BCUT2D eigenvalue weighted by Gasteiger charge is 2.10. The van der Waals surface area contributed by atoms with Gasteiger partial charge in [0.15, 0.2) is 5.16 Å². The van der Waals surface area contributed by atoms with Crippen LogP contribution >= 0.6 is 11.8 Å². The number of anilines is 1. The van der Waals surface area contributed by atoms with Crippen LogP contribution < -0.4 is 5.32 Å². The third-order valence-corrected chi connectivity index (χ3v) is 4.16. The average Bonchev–Trinajstić information content (AvgIpc) is 2.86. The van der Waals surface area contributed by atoms with Gasteiger partial charge in [-0.2, -0.15) is 0 Å². The molecule has 112 valence electrons. The number of nitrogens with zero attached hydrogens (tertiary/aromatic N) is 3. The molecule has 0 radical (unpaired) electrons. The number of aryl methyl sites for hydroxylation is 2. The fraction of sp³-hybridized carbons (Fsp3) is 0.400. The smallest absolute Gasteiger partial charge is 0.234 e. The Morgan fingerprint density at radius 1 is 1.24 bits per heavy atom. The van der Waals surface area contributed by atoms with Crippen molar-refractivity contribution in [2.24, 2.45) is 0 Å². The fourth-order valence-electron chi connectivity index (χ4n) is 1.98. The number of rotatable bonds is 6. The Morgan fingerprint density at radius 2 is 1.95 bits per heavy atom. The van der Waals surface area contributed by atoms with E-state index in [0.29, 0.717) is 5.75 Å². The largest absolute Gasteiger partial charge is 0.325 e. The lowest BCUT2D eigenvalue weighted by atomic mass is 10.1. The second-order valence-electron chi connectivity index (χ2n) is 4.66. The minimum atomic E-state index is -0.0347. The van der Waals surface area contributed by atoms with Gasteiger partial charge in [0.2, 0.25) is 5.91 Å². The summed E-state index contributed by atoms with van der Waals surface area (Å²) in [5, 5.41) is 11.8. The normalized spacial score (nSPS) is 10.6. The maximum Gasteiger partial charge on any atom is 0.234 e. The first kappa shape index (κ1) is 15.6. The van der Waals surface area contributed by atoms with E-state index >= 15 is 0 Å². The Hall–Kier alpha value is -1.82. The van der Waals surface area contributed by atoms with E-state index in [2.05, 4.69) is 22.4 Å². The Labute approximate surface area is 129 Å². The summed E-state index contributed by atoms with van der Waals surface area (Å²) in [7, 11) is 0. The molecule has 2 rings (SSSR count). The van der Waals surface area contributed by atoms with Crippen LogP contribution in [0.1, 0.15) is 25.2 Å². The van der Waals surface area contributed by atoms with Crippen LogP contribution in [-0.4, -0.2) is 26.4 Å². The zero-order chi connectivity index (χ0) is 15.2. The van der Waals surface area contributed by atoms with E-state index in [1.165, 1.54) is 17.3 Å². The van der Waals surface area contributed by atoms with E-state index in [9.17, 15) is 4.79 Å². The second kappa shape index (κ2) is 7.26. The van der Waals surface area contributed by atoms with Crippen LogP contribution in [0, 0.1) is 6.92 Å². The molecule has 1 heterocycles. The van der Waals surface area contributed by atoms with Crippen molar-refractivity contribution in [1.82, 2.24) is 14.8 Å². The maximum absolute atomic E-state index is 12.0. The zero-order valence-electron chi connectivity index (χ0n) is 12.6. The highest BCUT2D eigenvalue weighted by molar-refractivity contribution is 7.99. The Balaban J connectivity index is 1.89. The summed E-state index contributed by atoms with van der Waals surface area (Å²) in [6, 6.07) is 7.92. The number of carbonyl (C=O) groups excluding carboxylic acids is 1. The number of nitrogens with one attached hydrogen (secondary N) is 1. The van der Waals surface area contributed by atoms with Gasteiger partial charge in [0.25, 0.3) is 0 Å². The van der Waals surface area contributed by atoms with Crippen LogP contribution in [0.2, 0.25) is 0 Å². The number of carbonyl (C=O) groups is 1. The molecule has 5 nitrogen and oxygen atoms in total. The zero-order valence-corrected chi connectivity index (χ0v) is 13.4. The molecule has 1 N–H and O–H groups in total. The van der Waals surface area contributed by atoms with Gasteiger partial charge in [0.05, 0.1) is 5.75 Å². The lowest BCUT2D eigenvalue weighted by Gasteiger charge is -2.07. The van der Waals surface area contributed by atoms with Gasteiger partial charge in [-0.3, -0.25) is 4.79 Å². The molecule has 0 unspecified atom stereocenters. The molecule has 0 fully saturated rings. The van der Waals surface area contributed by atoms with Crippen LogP contribution in [0.3, 0.4) is 0 Å². The summed E-state index contributed by atoms with van der Waals surface area (Å²) in [6.45, 7) is 6.86. The fourth-order valence-corrected chi connectivity index (χ4v) is 2.83. The van der Waals surface area contributed by atoms with Crippen molar-refractivity contribution in [3.8, 4) is 0 Å². The van der Waals surface area contributed by atoms with Crippen molar-refractivity contribution in [3.63, 3.8) is 0 Å². The minimum absolute atomic E-state index is 0.0347. The van der Waals surface area contributed by atoms with Crippen LogP contribution in [-0.2, 0) is 17.8 Å². The summed E-state index contributed by atoms with van der Waals surface area (Å²) in [5.74, 6) is 1.16. The van der Waals surface area contributed by atoms with Crippen LogP contribution in [0.5, 0.6) is 0 Å². The van der Waals surface area contributed by atoms with Crippen molar-refractivity contribution >= 4 is 23.4 Å². The monoisotopic (exact) mass is 304 g/mol. The average molecular weight is 304 g/mol. The molecule has 2 aromatic rings. The predicted octanol–water partition coefficient (Wildman–Crippen LogP) is 2.90. The van der Waals surface area contributed by atoms with Crippen molar-refractivity contribution in [2.45, 2.75) is 38.9 Å². The first-order chi connectivity index (χ1) is 10.1. The molecule has 1 aromatic carbocycles. The number of hydrogen-bond acceptors (Lipinski definition) is 4. The van der Waals surface area contributed by atoms with E-state index in [0.717, 1.165) is 29.6 Å². The van der Waals surface area contributed by atoms with Crippen LogP contribution in [0.4, 0.5) is 5.69 Å². The first-order valence-electron chi connectivity index (χ1n) is 7.05. The van der Waals surface area contributed by atoms with E-state index in [-0.39, 0.29) is 5.91 Å². The molecule has 1 amide bonds. The quantitative estimate of drug-likeness (QED) is 0.834. The predicted molar refractivity (Wildman–Crippen MR) is 85.6 cm³/mol. The summed E-state index contributed by atoms with van der Waals surface area (Å²) in [4.78, 5) is 12.0. The summed E-state index contributed by atoms with van der Waals surface area (Å²) < 4.78 is 1.99. The second-order valence-corrected chi connectivity index (χ2v) is 5.60. The molecule has 0 saturated carbocycles. The highest BCUT2D eigenvalue weighted by atomic mass is 32.2. The number of aromatic nitrogens is 3.